The number of carbonyl (C=O) groups excluding carboxylic acids is 1. The van der Waals surface area contributed by atoms with Gasteiger partial charge < -0.3 is 9.51 Å². The van der Waals surface area contributed by atoms with Crippen molar-refractivity contribution in [2.24, 2.45) is 5.92 Å². The zero-order chi connectivity index (χ0) is 19.7. The van der Waals surface area contributed by atoms with Crippen LogP contribution in [0.4, 0.5) is 5.88 Å². The van der Waals surface area contributed by atoms with Crippen molar-refractivity contribution in [3.63, 3.8) is 0 Å². The Morgan fingerprint density at radius 3 is 2.71 bits per heavy atom. The van der Waals surface area contributed by atoms with Crippen LogP contribution >= 0.6 is 0 Å². The SMILES string of the molecule is CC(C)(C)c1cc(NC(=O)C2CCN(Cc3nc4ccccc4[nH]3)CC2)on1. The highest BCUT2D eigenvalue weighted by molar-refractivity contribution is 5.91. The molecule has 3 heterocycles. The molecule has 0 bridgehead atoms. The van der Waals surface area contributed by atoms with Gasteiger partial charge in [-0.3, -0.25) is 15.0 Å². The minimum Gasteiger partial charge on any atom is -0.341 e. The quantitative estimate of drug-likeness (QED) is 0.719. The topological polar surface area (TPSA) is 87.0 Å². The molecular formula is C21H27N5O2. The molecule has 3 aromatic rings. The Morgan fingerprint density at radius 2 is 2.04 bits per heavy atom. The van der Waals surface area contributed by atoms with Gasteiger partial charge in [0.25, 0.3) is 0 Å². The van der Waals surface area contributed by atoms with E-state index in [0.717, 1.165) is 55.0 Å². The van der Waals surface area contributed by atoms with Crippen molar-refractivity contribution in [3.8, 4) is 0 Å². The number of rotatable bonds is 4. The zero-order valence-corrected chi connectivity index (χ0v) is 16.7. The van der Waals surface area contributed by atoms with Gasteiger partial charge in [-0.25, -0.2) is 4.98 Å². The maximum atomic E-state index is 12.6. The summed E-state index contributed by atoms with van der Waals surface area (Å²) in [5, 5.41) is 6.94. The zero-order valence-electron chi connectivity index (χ0n) is 16.7. The van der Waals surface area contributed by atoms with Crippen LogP contribution in [0.15, 0.2) is 34.9 Å². The number of anilines is 1. The second-order valence-corrected chi connectivity index (χ2v) is 8.57. The molecule has 28 heavy (non-hydrogen) atoms. The van der Waals surface area contributed by atoms with Crippen LogP contribution in [-0.4, -0.2) is 39.0 Å². The van der Waals surface area contributed by atoms with Gasteiger partial charge in [-0.05, 0) is 38.1 Å². The summed E-state index contributed by atoms with van der Waals surface area (Å²) in [7, 11) is 0. The van der Waals surface area contributed by atoms with E-state index in [2.05, 4.69) is 46.1 Å². The smallest absolute Gasteiger partial charge is 0.231 e. The molecule has 1 saturated heterocycles. The summed E-state index contributed by atoms with van der Waals surface area (Å²) in [5.74, 6) is 1.41. The van der Waals surface area contributed by atoms with E-state index in [1.807, 2.05) is 30.3 Å². The van der Waals surface area contributed by atoms with Gasteiger partial charge in [0.15, 0.2) is 0 Å². The van der Waals surface area contributed by atoms with Crippen LogP contribution in [0.2, 0.25) is 0 Å². The standard InChI is InChI=1S/C21H27N5O2/c1-21(2,3)17-12-19(28-25-17)24-20(27)14-8-10-26(11-9-14)13-18-22-15-6-4-5-7-16(15)23-18/h4-7,12,14H,8-11,13H2,1-3H3,(H,22,23)(H,24,27). The molecular weight excluding hydrogens is 354 g/mol. The number of amides is 1. The second-order valence-electron chi connectivity index (χ2n) is 8.57. The maximum Gasteiger partial charge on any atom is 0.231 e. The summed E-state index contributed by atoms with van der Waals surface area (Å²) in [6.07, 6.45) is 1.65. The Balaban J connectivity index is 1.29. The maximum absolute atomic E-state index is 12.6. The first kappa shape index (κ1) is 18.7. The second kappa shape index (κ2) is 7.39. The van der Waals surface area contributed by atoms with Crippen molar-refractivity contribution in [1.82, 2.24) is 20.0 Å². The summed E-state index contributed by atoms with van der Waals surface area (Å²) in [5.41, 5.74) is 2.79. The third-order valence-corrected chi connectivity index (χ3v) is 5.30. The van der Waals surface area contributed by atoms with Crippen molar-refractivity contribution in [2.45, 2.75) is 45.6 Å². The minimum atomic E-state index is -0.103. The molecule has 1 fully saturated rings. The van der Waals surface area contributed by atoms with E-state index in [1.54, 1.807) is 0 Å². The molecule has 2 N–H and O–H groups in total. The number of nitrogens with one attached hydrogen (secondary N) is 2. The molecule has 1 aliphatic rings. The summed E-state index contributed by atoms with van der Waals surface area (Å²) in [6, 6.07) is 9.87. The average Bonchev–Trinajstić information content (AvgIpc) is 3.28. The number of aromatic amines is 1. The van der Waals surface area contributed by atoms with Crippen LogP contribution in [0.25, 0.3) is 11.0 Å². The molecule has 7 heteroatoms. The molecule has 7 nitrogen and oxygen atoms in total. The molecule has 0 aliphatic carbocycles. The molecule has 0 atom stereocenters. The van der Waals surface area contributed by atoms with Gasteiger partial charge in [-0.2, -0.15) is 0 Å². The monoisotopic (exact) mass is 381 g/mol. The van der Waals surface area contributed by atoms with Crippen LogP contribution in [0, 0.1) is 5.92 Å². The number of H-pyrrole nitrogens is 1. The van der Waals surface area contributed by atoms with E-state index < -0.39 is 0 Å². The fourth-order valence-corrected chi connectivity index (χ4v) is 3.56. The Kier molecular flexibility index (Phi) is 4.93. The summed E-state index contributed by atoms with van der Waals surface area (Å²) in [4.78, 5) is 22.9. The number of aromatic nitrogens is 3. The average molecular weight is 381 g/mol. The first-order chi connectivity index (χ1) is 13.4. The van der Waals surface area contributed by atoms with Crippen molar-refractivity contribution >= 4 is 22.8 Å². The molecule has 1 amide bonds. The lowest BCUT2D eigenvalue weighted by atomic mass is 9.92. The van der Waals surface area contributed by atoms with E-state index in [9.17, 15) is 4.79 Å². The molecule has 0 spiro atoms. The molecule has 1 aromatic carbocycles. The summed E-state index contributed by atoms with van der Waals surface area (Å²) >= 11 is 0. The lowest BCUT2D eigenvalue weighted by molar-refractivity contribution is -0.121. The van der Waals surface area contributed by atoms with E-state index >= 15 is 0 Å². The van der Waals surface area contributed by atoms with Gasteiger partial charge in [-0.1, -0.05) is 38.1 Å². The van der Waals surface area contributed by atoms with Gasteiger partial charge in [-0.15, -0.1) is 0 Å². The molecule has 4 rings (SSSR count). The van der Waals surface area contributed by atoms with E-state index in [4.69, 9.17) is 4.52 Å². The van der Waals surface area contributed by atoms with Crippen molar-refractivity contribution in [1.29, 1.82) is 0 Å². The number of benzene rings is 1. The Hall–Kier alpha value is -2.67. The van der Waals surface area contributed by atoms with E-state index in [-0.39, 0.29) is 17.2 Å². The van der Waals surface area contributed by atoms with Gasteiger partial charge in [0.2, 0.25) is 11.8 Å². The normalized spacial score (nSPS) is 16.5. The number of hydrogen-bond donors (Lipinski definition) is 2. The molecule has 0 radical (unpaired) electrons. The number of para-hydroxylation sites is 2. The Morgan fingerprint density at radius 1 is 1.29 bits per heavy atom. The first-order valence-electron chi connectivity index (χ1n) is 9.82. The largest absolute Gasteiger partial charge is 0.341 e. The first-order valence-corrected chi connectivity index (χ1v) is 9.82. The highest BCUT2D eigenvalue weighted by atomic mass is 16.5. The van der Waals surface area contributed by atoms with Gasteiger partial charge >= 0.3 is 0 Å². The van der Waals surface area contributed by atoms with Crippen LogP contribution in [0.3, 0.4) is 0 Å². The molecule has 0 saturated carbocycles. The van der Waals surface area contributed by atoms with Gasteiger partial charge in [0.1, 0.15) is 5.82 Å². The predicted molar refractivity (Wildman–Crippen MR) is 108 cm³/mol. The predicted octanol–water partition coefficient (Wildman–Crippen LogP) is 3.70. The van der Waals surface area contributed by atoms with Crippen LogP contribution in [0.5, 0.6) is 0 Å². The number of likely N-dealkylation sites (tertiary alicyclic amines) is 1. The van der Waals surface area contributed by atoms with E-state index in [1.165, 1.54) is 0 Å². The van der Waals surface area contributed by atoms with Crippen molar-refractivity contribution in [2.75, 3.05) is 18.4 Å². The number of carbonyl (C=O) groups is 1. The Bertz CT molecular complexity index is 927. The summed E-state index contributed by atoms with van der Waals surface area (Å²) in [6.45, 7) is 8.72. The lowest BCUT2D eigenvalue weighted by Gasteiger charge is -2.30. The Labute approximate surface area is 164 Å². The molecule has 1 aliphatic heterocycles. The fourth-order valence-electron chi connectivity index (χ4n) is 3.56. The van der Waals surface area contributed by atoms with Gasteiger partial charge in [0.05, 0.1) is 23.3 Å². The molecule has 0 unspecified atom stereocenters. The van der Waals surface area contributed by atoms with Crippen LogP contribution in [-0.2, 0) is 16.8 Å². The van der Waals surface area contributed by atoms with Crippen LogP contribution in [0.1, 0.15) is 45.1 Å². The third-order valence-electron chi connectivity index (χ3n) is 5.30. The van der Waals surface area contributed by atoms with Gasteiger partial charge in [0, 0.05) is 17.4 Å². The number of imidazole rings is 1. The lowest BCUT2D eigenvalue weighted by Crippen LogP contribution is -2.37. The fraction of sp³-hybridized carbons (Fsp3) is 0.476. The van der Waals surface area contributed by atoms with Crippen molar-refractivity contribution in [3.05, 3.63) is 41.9 Å². The molecule has 148 valence electrons. The minimum absolute atomic E-state index is 0.00453. The molecule has 2 aromatic heterocycles. The highest BCUT2D eigenvalue weighted by Gasteiger charge is 2.27. The number of hydrogen-bond acceptors (Lipinski definition) is 5. The van der Waals surface area contributed by atoms with Crippen molar-refractivity contribution < 1.29 is 9.32 Å². The third kappa shape index (κ3) is 4.09. The van der Waals surface area contributed by atoms with Crippen LogP contribution < -0.4 is 5.32 Å². The highest BCUT2D eigenvalue weighted by Crippen LogP contribution is 2.25. The number of nitrogens with zero attached hydrogens (tertiary/aromatic N) is 3. The van der Waals surface area contributed by atoms with E-state index in [0.29, 0.717) is 5.88 Å². The number of piperidine rings is 1. The number of fused-ring (bicyclic) bond motifs is 1. The summed E-state index contributed by atoms with van der Waals surface area (Å²) < 4.78 is 5.28.